The summed E-state index contributed by atoms with van der Waals surface area (Å²) < 4.78 is 12.6. The molecule has 3 aromatic rings. The van der Waals surface area contributed by atoms with E-state index in [2.05, 4.69) is 24.0 Å². The highest BCUT2D eigenvalue weighted by Gasteiger charge is 2.29. The van der Waals surface area contributed by atoms with Gasteiger partial charge in [0, 0.05) is 32.6 Å². The van der Waals surface area contributed by atoms with Crippen LogP contribution in [0.1, 0.15) is 72.2 Å². The Morgan fingerprint density at radius 3 is 2.53 bits per heavy atom. The van der Waals surface area contributed by atoms with Crippen molar-refractivity contribution in [2.75, 3.05) is 33.4 Å². The van der Waals surface area contributed by atoms with Gasteiger partial charge < -0.3 is 9.47 Å². The molecule has 0 spiro atoms. The molecule has 1 aliphatic heterocycles. The summed E-state index contributed by atoms with van der Waals surface area (Å²) in [4.78, 5) is 17.6. The van der Waals surface area contributed by atoms with E-state index in [-0.39, 0.29) is 5.78 Å². The molecular weight excluding hydrogens is 442 g/mol. The Kier molecular flexibility index (Phi) is 7.21. The number of nitrogens with zero attached hydrogens (tertiary/aromatic N) is 1. The number of ketones is 1. The highest BCUT2D eigenvalue weighted by Crippen LogP contribution is 2.45. The summed E-state index contributed by atoms with van der Waals surface area (Å²) in [6.45, 7) is 6.35. The van der Waals surface area contributed by atoms with Crippen LogP contribution in [0.25, 0.3) is 10.1 Å². The maximum Gasteiger partial charge on any atom is 0.194 e. The Morgan fingerprint density at radius 2 is 1.79 bits per heavy atom. The Balaban J connectivity index is 1.39. The Bertz CT molecular complexity index is 1130. The lowest BCUT2D eigenvalue weighted by Gasteiger charge is -2.26. The van der Waals surface area contributed by atoms with E-state index >= 15 is 0 Å². The summed E-state index contributed by atoms with van der Waals surface area (Å²) in [6.07, 6.45) is 7.44. The minimum atomic E-state index is 0.119. The molecule has 2 aliphatic rings. The summed E-state index contributed by atoms with van der Waals surface area (Å²) >= 11 is 1.78. The average molecular weight is 478 g/mol. The van der Waals surface area contributed by atoms with Crippen molar-refractivity contribution in [3.8, 4) is 11.5 Å². The first-order valence-electron chi connectivity index (χ1n) is 12.7. The fraction of sp³-hybridized carbons (Fsp3) is 0.483. The third-order valence-electron chi connectivity index (χ3n) is 7.45. The summed E-state index contributed by atoms with van der Waals surface area (Å²) in [5.41, 5.74) is 1.62. The van der Waals surface area contributed by atoms with Gasteiger partial charge in [-0.3, -0.25) is 9.69 Å². The molecule has 2 fully saturated rings. The van der Waals surface area contributed by atoms with Crippen molar-refractivity contribution >= 4 is 27.2 Å². The number of likely N-dealkylation sites (tertiary alicyclic amines) is 1. The molecular formula is C29H35NO3S. The predicted octanol–water partition coefficient (Wildman–Crippen LogP) is 6.91. The van der Waals surface area contributed by atoms with Crippen LogP contribution in [0.5, 0.6) is 11.5 Å². The molecule has 0 bridgehead atoms. The zero-order chi connectivity index (χ0) is 23.5. The minimum absolute atomic E-state index is 0.119. The molecule has 5 heteroatoms. The molecule has 0 radical (unpaired) electrons. The first-order valence-corrected chi connectivity index (χ1v) is 13.5. The maximum absolute atomic E-state index is 13.8. The molecule has 1 saturated heterocycles. The lowest BCUT2D eigenvalue weighted by atomic mass is 9.80. The zero-order valence-corrected chi connectivity index (χ0v) is 21.2. The van der Waals surface area contributed by atoms with Gasteiger partial charge in [0.1, 0.15) is 18.1 Å². The Morgan fingerprint density at radius 1 is 1.03 bits per heavy atom. The lowest BCUT2D eigenvalue weighted by molar-refractivity contribution is 0.103. The summed E-state index contributed by atoms with van der Waals surface area (Å²) in [5, 5.41) is 1.05. The van der Waals surface area contributed by atoms with Gasteiger partial charge in [-0.1, -0.05) is 19.8 Å². The highest BCUT2D eigenvalue weighted by molar-refractivity contribution is 7.19. The third-order valence-corrected chi connectivity index (χ3v) is 8.77. The summed E-state index contributed by atoms with van der Waals surface area (Å²) in [5.74, 6) is 2.95. The van der Waals surface area contributed by atoms with Crippen molar-refractivity contribution in [1.29, 1.82) is 0 Å². The predicted molar refractivity (Wildman–Crippen MR) is 140 cm³/mol. The SMILES string of the molecule is COc1ccc2c(C(=O)c3ccc(OCCN4CCCC4)cc3)c(C3CCCC(C)C3)sc2c1. The van der Waals surface area contributed by atoms with Gasteiger partial charge in [-0.05, 0) is 93.1 Å². The quantitative estimate of drug-likeness (QED) is 0.331. The molecule has 2 unspecified atom stereocenters. The number of benzene rings is 2. The van der Waals surface area contributed by atoms with Crippen LogP contribution < -0.4 is 9.47 Å². The molecule has 2 atom stereocenters. The van der Waals surface area contributed by atoms with E-state index in [0.29, 0.717) is 18.4 Å². The maximum atomic E-state index is 13.8. The van der Waals surface area contributed by atoms with E-state index in [4.69, 9.17) is 9.47 Å². The summed E-state index contributed by atoms with van der Waals surface area (Å²) in [6, 6.07) is 13.8. The highest BCUT2D eigenvalue weighted by atomic mass is 32.1. The van der Waals surface area contributed by atoms with Crippen LogP contribution in [0.4, 0.5) is 0 Å². The molecule has 180 valence electrons. The topological polar surface area (TPSA) is 38.8 Å². The number of hydrogen-bond donors (Lipinski definition) is 0. The molecule has 2 aromatic carbocycles. The number of fused-ring (bicyclic) bond motifs is 1. The third kappa shape index (κ3) is 5.01. The van der Waals surface area contributed by atoms with Gasteiger partial charge in [0.25, 0.3) is 0 Å². The first-order chi connectivity index (χ1) is 16.6. The Labute approximate surface area is 206 Å². The number of methoxy groups -OCH3 is 1. The molecule has 5 rings (SSSR count). The monoisotopic (exact) mass is 477 g/mol. The molecule has 34 heavy (non-hydrogen) atoms. The number of hydrogen-bond acceptors (Lipinski definition) is 5. The number of carbonyl (C=O) groups is 1. The van der Waals surface area contributed by atoms with Gasteiger partial charge >= 0.3 is 0 Å². The van der Waals surface area contributed by atoms with Crippen LogP contribution in [0, 0.1) is 5.92 Å². The second kappa shape index (κ2) is 10.5. The molecule has 1 aliphatic carbocycles. The smallest absolute Gasteiger partial charge is 0.194 e. The fourth-order valence-corrected chi connectivity index (χ4v) is 6.94. The van der Waals surface area contributed by atoms with Crippen LogP contribution in [0.15, 0.2) is 42.5 Å². The van der Waals surface area contributed by atoms with E-state index in [1.54, 1.807) is 18.4 Å². The lowest BCUT2D eigenvalue weighted by Crippen LogP contribution is -2.25. The van der Waals surface area contributed by atoms with E-state index in [1.165, 1.54) is 50.1 Å². The van der Waals surface area contributed by atoms with Crippen molar-refractivity contribution in [3.63, 3.8) is 0 Å². The van der Waals surface area contributed by atoms with Crippen molar-refractivity contribution in [3.05, 3.63) is 58.5 Å². The van der Waals surface area contributed by atoms with Gasteiger partial charge in [-0.25, -0.2) is 0 Å². The van der Waals surface area contributed by atoms with Gasteiger partial charge in [0.2, 0.25) is 0 Å². The largest absolute Gasteiger partial charge is 0.497 e. The van der Waals surface area contributed by atoms with Gasteiger partial charge in [0.05, 0.1) is 7.11 Å². The molecule has 2 heterocycles. The normalized spacial score (nSPS) is 21.1. The van der Waals surface area contributed by atoms with E-state index in [1.807, 2.05) is 30.3 Å². The Hall–Kier alpha value is -2.37. The number of thiophene rings is 1. The minimum Gasteiger partial charge on any atom is -0.497 e. The van der Waals surface area contributed by atoms with Gasteiger partial charge in [-0.2, -0.15) is 0 Å². The van der Waals surface area contributed by atoms with Gasteiger partial charge in [-0.15, -0.1) is 11.3 Å². The number of carbonyl (C=O) groups excluding carboxylic acids is 1. The molecule has 4 nitrogen and oxygen atoms in total. The van der Waals surface area contributed by atoms with Crippen molar-refractivity contribution in [1.82, 2.24) is 4.90 Å². The fourth-order valence-electron chi connectivity index (χ4n) is 5.56. The van der Waals surface area contributed by atoms with Crippen LogP contribution >= 0.6 is 11.3 Å². The van der Waals surface area contributed by atoms with E-state index in [0.717, 1.165) is 45.7 Å². The average Bonchev–Trinajstić information content (AvgIpc) is 3.51. The van der Waals surface area contributed by atoms with Crippen LogP contribution in [-0.4, -0.2) is 44.0 Å². The standard InChI is InChI=1S/C29H35NO3S/c1-20-6-5-7-22(18-20)29-27(25-13-12-24(32-2)19-26(25)34-29)28(31)21-8-10-23(11-9-21)33-17-16-30-14-3-4-15-30/h8-13,19-20,22H,3-7,14-18H2,1-2H3. The molecule has 0 N–H and O–H groups in total. The van der Waals surface area contributed by atoms with E-state index in [9.17, 15) is 4.79 Å². The number of rotatable bonds is 8. The molecule has 1 aromatic heterocycles. The van der Waals surface area contributed by atoms with Crippen molar-refractivity contribution in [2.24, 2.45) is 5.92 Å². The van der Waals surface area contributed by atoms with Crippen molar-refractivity contribution < 1.29 is 14.3 Å². The van der Waals surface area contributed by atoms with Crippen molar-refractivity contribution in [2.45, 2.75) is 51.4 Å². The van der Waals surface area contributed by atoms with Gasteiger partial charge in [0.15, 0.2) is 5.78 Å². The number of ether oxygens (including phenoxy) is 2. The second-order valence-corrected chi connectivity index (χ2v) is 11.0. The first kappa shape index (κ1) is 23.4. The van der Waals surface area contributed by atoms with Crippen LogP contribution in [-0.2, 0) is 0 Å². The zero-order valence-electron chi connectivity index (χ0n) is 20.3. The second-order valence-electron chi connectivity index (χ2n) is 9.92. The van der Waals surface area contributed by atoms with Crippen LogP contribution in [0.3, 0.4) is 0 Å². The van der Waals surface area contributed by atoms with E-state index < -0.39 is 0 Å². The molecule has 0 amide bonds. The van der Waals surface area contributed by atoms with Crippen LogP contribution in [0.2, 0.25) is 0 Å². The molecule has 1 saturated carbocycles. The summed E-state index contributed by atoms with van der Waals surface area (Å²) in [7, 11) is 1.69.